The van der Waals surface area contributed by atoms with Crippen LogP contribution in [-0.4, -0.2) is 57.5 Å². The molecule has 0 spiro atoms. The van der Waals surface area contributed by atoms with Crippen LogP contribution in [0.2, 0.25) is 0 Å². The van der Waals surface area contributed by atoms with Gasteiger partial charge in [0.1, 0.15) is 5.82 Å². The third-order valence-corrected chi connectivity index (χ3v) is 3.55. The maximum atomic E-state index is 5.36. The Morgan fingerprint density at radius 3 is 2.44 bits per heavy atom. The zero-order chi connectivity index (χ0) is 12.2. The molecule has 5 nitrogen and oxygen atoms in total. The Labute approximate surface area is 108 Å². The number of morpholine rings is 1. The van der Waals surface area contributed by atoms with Gasteiger partial charge < -0.3 is 19.9 Å². The molecule has 1 N–H and O–H groups in total. The maximum Gasteiger partial charge on any atom is 0.128 e. The second-order valence-corrected chi connectivity index (χ2v) is 4.71. The fraction of sp³-hybridized carbons (Fsp3) is 0.615. The normalized spacial score (nSPS) is 21.1. The molecule has 0 aromatic carbocycles. The van der Waals surface area contributed by atoms with Crippen molar-refractivity contribution in [3.05, 3.63) is 18.3 Å². The van der Waals surface area contributed by atoms with E-state index in [1.807, 2.05) is 6.20 Å². The van der Waals surface area contributed by atoms with Gasteiger partial charge in [-0.3, -0.25) is 0 Å². The molecule has 1 aromatic rings. The number of pyridine rings is 1. The number of anilines is 2. The first kappa shape index (κ1) is 11.7. The zero-order valence-electron chi connectivity index (χ0n) is 10.6. The molecule has 18 heavy (non-hydrogen) atoms. The van der Waals surface area contributed by atoms with Crippen molar-refractivity contribution in [2.24, 2.45) is 0 Å². The quantitative estimate of drug-likeness (QED) is 0.816. The van der Waals surface area contributed by atoms with E-state index in [1.165, 1.54) is 5.69 Å². The lowest BCUT2D eigenvalue weighted by Crippen LogP contribution is -2.43. The van der Waals surface area contributed by atoms with Crippen LogP contribution in [0.3, 0.4) is 0 Å². The lowest BCUT2D eigenvalue weighted by molar-refractivity contribution is 0.122. The summed E-state index contributed by atoms with van der Waals surface area (Å²) in [4.78, 5) is 9.25. The van der Waals surface area contributed by atoms with Crippen LogP contribution >= 0.6 is 0 Å². The molecule has 2 aliphatic rings. The minimum absolute atomic E-state index is 0.807. The second kappa shape index (κ2) is 5.54. The third kappa shape index (κ3) is 2.57. The van der Waals surface area contributed by atoms with Crippen molar-refractivity contribution < 1.29 is 4.74 Å². The van der Waals surface area contributed by atoms with Crippen molar-refractivity contribution in [2.45, 2.75) is 0 Å². The minimum atomic E-state index is 0.807. The molecule has 0 amide bonds. The molecule has 2 aliphatic heterocycles. The van der Waals surface area contributed by atoms with Gasteiger partial charge in [0.2, 0.25) is 0 Å². The van der Waals surface area contributed by atoms with E-state index in [4.69, 9.17) is 4.74 Å². The summed E-state index contributed by atoms with van der Waals surface area (Å²) in [7, 11) is 0. The van der Waals surface area contributed by atoms with Crippen molar-refractivity contribution in [3.63, 3.8) is 0 Å². The number of aromatic nitrogens is 1. The summed E-state index contributed by atoms with van der Waals surface area (Å²) in [5.41, 5.74) is 1.23. The minimum Gasteiger partial charge on any atom is -0.378 e. The largest absolute Gasteiger partial charge is 0.378 e. The standard InChI is InChI=1S/C13H20N4O/c1-2-13(17-7-9-18-10-8-17)15-11-12(1)16-5-3-14-4-6-16/h1-2,11,14H,3-10H2. The van der Waals surface area contributed by atoms with Crippen LogP contribution in [0.4, 0.5) is 11.5 Å². The average Bonchev–Trinajstić information content (AvgIpc) is 2.49. The molecule has 2 saturated heterocycles. The molecule has 98 valence electrons. The number of hydrogen-bond donors (Lipinski definition) is 1. The Bertz CT molecular complexity index is 332. The Morgan fingerprint density at radius 1 is 1.00 bits per heavy atom. The summed E-state index contributed by atoms with van der Waals surface area (Å²) in [6.07, 6.45) is 2.00. The van der Waals surface area contributed by atoms with Crippen molar-refractivity contribution in [3.8, 4) is 0 Å². The predicted octanol–water partition coefficient (Wildman–Crippen LogP) is 0.328. The molecule has 2 fully saturated rings. The lowest BCUT2D eigenvalue weighted by Gasteiger charge is -2.30. The van der Waals surface area contributed by atoms with Gasteiger partial charge >= 0.3 is 0 Å². The van der Waals surface area contributed by atoms with E-state index in [2.05, 4.69) is 32.2 Å². The average molecular weight is 248 g/mol. The molecule has 3 rings (SSSR count). The summed E-state index contributed by atoms with van der Waals surface area (Å²) in [5, 5.41) is 3.36. The molecule has 0 saturated carbocycles. The van der Waals surface area contributed by atoms with Gasteiger partial charge in [0.25, 0.3) is 0 Å². The molecule has 1 aromatic heterocycles. The SMILES string of the molecule is c1cc(N2CCOCC2)ncc1N1CCNCC1. The molecule has 0 unspecified atom stereocenters. The molecular weight excluding hydrogens is 228 g/mol. The number of piperazine rings is 1. The highest BCUT2D eigenvalue weighted by Gasteiger charge is 2.14. The topological polar surface area (TPSA) is 40.6 Å². The molecule has 3 heterocycles. The van der Waals surface area contributed by atoms with Crippen LogP contribution in [-0.2, 0) is 4.74 Å². The van der Waals surface area contributed by atoms with Gasteiger partial charge in [0.15, 0.2) is 0 Å². The van der Waals surface area contributed by atoms with Gasteiger partial charge in [0.05, 0.1) is 25.1 Å². The van der Waals surface area contributed by atoms with Gasteiger partial charge in [-0.15, -0.1) is 0 Å². The molecule has 0 radical (unpaired) electrons. The van der Waals surface area contributed by atoms with Crippen molar-refractivity contribution in [2.75, 3.05) is 62.3 Å². The van der Waals surface area contributed by atoms with E-state index >= 15 is 0 Å². The first-order chi connectivity index (χ1) is 8.93. The fourth-order valence-corrected chi connectivity index (χ4v) is 2.47. The van der Waals surface area contributed by atoms with E-state index in [-0.39, 0.29) is 0 Å². The fourth-order valence-electron chi connectivity index (χ4n) is 2.47. The molecule has 5 heteroatoms. The van der Waals surface area contributed by atoms with E-state index in [0.717, 1.165) is 58.3 Å². The van der Waals surface area contributed by atoms with E-state index < -0.39 is 0 Å². The van der Waals surface area contributed by atoms with Crippen LogP contribution in [0.25, 0.3) is 0 Å². The van der Waals surface area contributed by atoms with Crippen LogP contribution in [0, 0.1) is 0 Å². The highest BCUT2D eigenvalue weighted by molar-refractivity contribution is 5.51. The Hall–Kier alpha value is -1.33. The number of hydrogen-bond acceptors (Lipinski definition) is 5. The van der Waals surface area contributed by atoms with Crippen molar-refractivity contribution in [1.29, 1.82) is 0 Å². The highest BCUT2D eigenvalue weighted by Crippen LogP contribution is 2.18. The number of nitrogens with one attached hydrogen (secondary N) is 1. The van der Waals surface area contributed by atoms with Crippen LogP contribution in [0.1, 0.15) is 0 Å². The maximum absolute atomic E-state index is 5.36. The highest BCUT2D eigenvalue weighted by atomic mass is 16.5. The van der Waals surface area contributed by atoms with Gasteiger partial charge in [-0.2, -0.15) is 0 Å². The monoisotopic (exact) mass is 248 g/mol. The van der Waals surface area contributed by atoms with Crippen molar-refractivity contribution >= 4 is 11.5 Å². The summed E-state index contributed by atoms with van der Waals surface area (Å²) in [5.74, 6) is 1.07. The summed E-state index contributed by atoms with van der Waals surface area (Å²) < 4.78 is 5.36. The zero-order valence-corrected chi connectivity index (χ0v) is 10.6. The van der Waals surface area contributed by atoms with Gasteiger partial charge in [0, 0.05) is 39.3 Å². The first-order valence-electron chi connectivity index (χ1n) is 6.68. The Balaban J connectivity index is 1.67. The van der Waals surface area contributed by atoms with E-state index in [1.54, 1.807) is 0 Å². The Kier molecular flexibility index (Phi) is 3.61. The molecular formula is C13H20N4O. The summed E-state index contributed by atoms with van der Waals surface area (Å²) >= 11 is 0. The number of rotatable bonds is 2. The molecule has 0 atom stereocenters. The first-order valence-corrected chi connectivity index (χ1v) is 6.68. The lowest BCUT2D eigenvalue weighted by atomic mass is 10.3. The van der Waals surface area contributed by atoms with E-state index in [0.29, 0.717) is 0 Å². The van der Waals surface area contributed by atoms with Crippen LogP contribution < -0.4 is 15.1 Å². The number of nitrogens with zero attached hydrogens (tertiary/aromatic N) is 3. The summed E-state index contributed by atoms with van der Waals surface area (Å²) in [6, 6.07) is 4.31. The van der Waals surface area contributed by atoms with Gasteiger partial charge in [-0.05, 0) is 12.1 Å². The number of ether oxygens (including phenoxy) is 1. The van der Waals surface area contributed by atoms with Crippen molar-refractivity contribution in [1.82, 2.24) is 10.3 Å². The van der Waals surface area contributed by atoms with Gasteiger partial charge in [-0.25, -0.2) is 4.98 Å². The smallest absolute Gasteiger partial charge is 0.128 e. The second-order valence-electron chi connectivity index (χ2n) is 4.71. The molecule has 0 aliphatic carbocycles. The Morgan fingerprint density at radius 2 is 1.78 bits per heavy atom. The van der Waals surface area contributed by atoms with Gasteiger partial charge in [-0.1, -0.05) is 0 Å². The van der Waals surface area contributed by atoms with Crippen LogP contribution in [0.15, 0.2) is 18.3 Å². The van der Waals surface area contributed by atoms with E-state index in [9.17, 15) is 0 Å². The molecule has 0 bridgehead atoms. The third-order valence-electron chi connectivity index (χ3n) is 3.55. The summed E-state index contributed by atoms with van der Waals surface area (Å²) in [6.45, 7) is 7.76. The van der Waals surface area contributed by atoms with Crippen LogP contribution in [0.5, 0.6) is 0 Å². The predicted molar refractivity (Wildman–Crippen MR) is 72.4 cm³/mol.